The molecule has 0 bridgehead atoms. The van der Waals surface area contributed by atoms with Crippen LogP contribution in [-0.4, -0.2) is 95.8 Å². The molecule has 11 nitrogen and oxygen atoms in total. The zero-order chi connectivity index (χ0) is 29.1. The Morgan fingerprint density at radius 3 is 2.20 bits per heavy atom. The lowest BCUT2D eigenvalue weighted by Crippen LogP contribution is -2.56. The molecule has 41 heavy (non-hydrogen) atoms. The highest BCUT2D eigenvalue weighted by Gasteiger charge is 2.27. The number of nitrogens with zero attached hydrogens (tertiary/aromatic N) is 6. The number of carbonyl (C=O) groups excluding carboxylic acids is 1. The molecule has 1 aromatic carbocycles. The van der Waals surface area contributed by atoms with Gasteiger partial charge in [-0.3, -0.25) is 16.1 Å². The summed E-state index contributed by atoms with van der Waals surface area (Å²) in [5.74, 6) is 1.21. The molecule has 2 aliphatic heterocycles. The normalized spacial score (nSPS) is 16.9. The lowest BCUT2D eigenvalue weighted by Gasteiger charge is -2.40. The Balaban J connectivity index is 1.21. The van der Waals surface area contributed by atoms with E-state index in [0.29, 0.717) is 64.4 Å². The number of rotatable bonds is 6. The fraction of sp³-hybridized carbons (Fsp3) is 0.357. The van der Waals surface area contributed by atoms with Gasteiger partial charge < -0.3 is 30.1 Å². The van der Waals surface area contributed by atoms with Crippen molar-refractivity contribution in [3.8, 4) is 5.75 Å². The molecule has 5 N–H and O–H groups in total. The Kier molecular flexibility index (Phi) is 8.79. The molecule has 0 unspecified atom stereocenters. The summed E-state index contributed by atoms with van der Waals surface area (Å²) in [6.07, 6.45) is 3.61. The van der Waals surface area contributed by atoms with Crippen LogP contribution in [0.25, 0.3) is 0 Å². The number of piperazine rings is 2. The molecule has 4 heterocycles. The van der Waals surface area contributed by atoms with Gasteiger partial charge in [-0.1, -0.05) is 23.2 Å². The Morgan fingerprint density at radius 1 is 0.951 bits per heavy atom. The molecule has 2 aromatic heterocycles. The SMILES string of the molecule is CN1CCN(C(=O)N2CCN(c3ccc(C(=N)c4cc(O[C@H](N)c5c(Cl)cncc5Cl)ccc4N)cn3)CC2)CC1. The van der Waals surface area contributed by atoms with Crippen LogP contribution in [0.5, 0.6) is 5.75 Å². The minimum absolute atomic E-state index is 0.117. The van der Waals surface area contributed by atoms with Gasteiger partial charge in [0.1, 0.15) is 11.6 Å². The summed E-state index contributed by atoms with van der Waals surface area (Å²) in [5.41, 5.74) is 14.5. The number of amides is 2. The molecule has 13 heteroatoms. The molecule has 2 aliphatic rings. The number of hydrogen-bond acceptors (Lipinski definition) is 9. The summed E-state index contributed by atoms with van der Waals surface area (Å²) < 4.78 is 5.88. The molecule has 2 fully saturated rings. The summed E-state index contributed by atoms with van der Waals surface area (Å²) in [6, 6.07) is 8.84. The number of aromatic nitrogens is 2. The summed E-state index contributed by atoms with van der Waals surface area (Å²) in [5, 5.41) is 9.39. The van der Waals surface area contributed by atoms with E-state index in [1.807, 2.05) is 21.9 Å². The predicted octanol–water partition coefficient (Wildman–Crippen LogP) is 3.31. The van der Waals surface area contributed by atoms with Crippen LogP contribution >= 0.6 is 23.2 Å². The number of halogens is 2. The minimum Gasteiger partial charge on any atom is -0.471 e. The van der Waals surface area contributed by atoms with Crippen molar-refractivity contribution in [1.82, 2.24) is 24.7 Å². The van der Waals surface area contributed by atoms with E-state index in [4.69, 9.17) is 44.8 Å². The Bertz CT molecular complexity index is 1390. The van der Waals surface area contributed by atoms with Gasteiger partial charge in [0, 0.05) is 93.3 Å². The smallest absolute Gasteiger partial charge is 0.320 e. The molecule has 0 saturated carbocycles. The fourth-order valence-electron chi connectivity index (χ4n) is 4.92. The Labute approximate surface area is 249 Å². The van der Waals surface area contributed by atoms with Crippen LogP contribution in [0.3, 0.4) is 0 Å². The van der Waals surface area contributed by atoms with E-state index >= 15 is 0 Å². The van der Waals surface area contributed by atoms with Crippen molar-refractivity contribution in [3.05, 3.63) is 75.7 Å². The van der Waals surface area contributed by atoms with Crippen LogP contribution in [0, 0.1) is 5.41 Å². The molecule has 0 spiro atoms. The number of anilines is 2. The predicted molar refractivity (Wildman–Crippen MR) is 161 cm³/mol. The third-order valence-electron chi connectivity index (χ3n) is 7.42. The second-order valence-electron chi connectivity index (χ2n) is 10.1. The Morgan fingerprint density at radius 2 is 1.59 bits per heavy atom. The van der Waals surface area contributed by atoms with E-state index < -0.39 is 6.23 Å². The van der Waals surface area contributed by atoms with Crippen molar-refractivity contribution in [1.29, 1.82) is 5.41 Å². The van der Waals surface area contributed by atoms with Crippen molar-refractivity contribution in [2.24, 2.45) is 5.73 Å². The van der Waals surface area contributed by atoms with Crippen molar-refractivity contribution >= 4 is 46.4 Å². The topological polar surface area (TPSA) is 141 Å². The number of urea groups is 1. The van der Waals surface area contributed by atoms with Gasteiger partial charge in [-0.25, -0.2) is 9.78 Å². The van der Waals surface area contributed by atoms with Crippen molar-refractivity contribution in [2.45, 2.75) is 6.23 Å². The molecule has 0 aliphatic carbocycles. The van der Waals surface area contributed by atoms with E-state index in [0.717, 1.165) is 32.0 Å². The maximum absolute atomic E-state index is 12.9. The van der Waals surface area contributed by atoms with Crippen molar-refractivity contribution in [3.63, 3.8) is 0 Å². The molecular formula is C28H33Cl2N9O2. The first-order valence-electron chi connectivity index (χ1n) is 13.3. The number of likely N-dealkylation sites (N-methyl/N-ethyl adjacent to an activating group) is 1. The van der Waals surface area contributed by atoms with Gasteiger partial charge in [-0.15, -0.1) is 0 Å². The van der Waals surface area contributed by atoms with Gasteiger partial charge in [-0.05, 0) is 37.4 Å². The number of ether oxygens (including phenoxy) is 1. The summed E-state index contributed by atoms with van der Waals surface area (Å²) >= 11 is 12.4. The number of benzene rings is 1. The van der Waals surface area contributed by atoms with Gasteiger partial charge >= 0.3 is 6.03 Å². The van der Waals surface area contributed by atoms with Gasteiger partial charge in [0.05, 0.1) is 15.8 Å². The van der Waals surface area contributed by atoms with E-state index in [2.05, 4.69) is 26.8 Å². The van der Waals surface area contributed by atoms with Crippen molar-refractivity contribution in [2.75, 3.05) is 70.0 Å². The molecule has 3 aromatic rings. The van der Waals surface area contributed by atoms with E-state index in [-0.39, 0.29) is 11.7 Å². The number of hydrogen-bond donors (Lipinski definition) is 3. The number of pyridine rings is 2. The first-order chi connectivity index (χ1) is 19.7. The lowest BCUT2D eigenvalue weighted by molar-refractivity contribution is 0.120. The van der Waals surface area contributed by atoms with Gasteiger partial charge in [0.2, 0.25) is 0 Å². The highest BCUT2D eigenvalue weighted by molar-refractivity contribution is 6.35. The largest absolute Gasteiger partial charge is 0.471 e. The van der Waals surface area contributed by atoms with Crippen molar-refractivity contribution < 1.29 is 9.53 Å². The number of nitrogen functional groups attached to an aromatic ring is 1. The molecule has 5 rings (SSSR count). The number of nitrogens with one attached hydrogen (secondary N) is 1. The van der Waals surface area contributed by atoms with Crippen LogP contribution < -0.4 is 21.1 Å². The van der Waals surface area contributed by atoms with E-state index in [1.165, 1.54) is 12.4 Å². The molecule has 2 saturated heterocycles. The second-order valence-corrected chi connectivity index (χ2v) is 10.9. The lowest BCUT2D eigenvalue weighted by atomic mass is 10.0. The summed E-state index contributed by atoms with van der Waals surface area (Å²) in [6.45, 7) is 6.03. The van der Waals surface area contributed by atoms with Gasteiger partial charge in [-0.2, -0.15) is 0 Å². The van der Waals surface area contributed by atoms with E-state index in [1.54, 1.807) is 24.4 Å². The monoisotopic (exact) mass is 597 g/mol. The average molecular weight is 599 g/mol. The highest BCUT2D eigenvalue weighted by Crippen LogP contribution is 2.31. The fourth-order valence-corrected chi connectivity index (χ4v) is 5.50. The standard InChI is InChI=1S/C28H33Cl2N9O2/c1-36-6-8-38(9-7-36)28(40)39-12-10-37(11-13-39)24-5-2-18(15-35-24)26(32)20-14-19(3-4-23(20)31)41-27(33)25-21(29)16-34-17-22(25)30/h2-5,14-17,27,32H,6-13,31,33H2,1H3/t27-/m0/s1. The van der Waals surface area contributed by atoms with Crippen LogP contribution in [-0.2, 0) is 0 Å². The maximum atomic E-state index is 12.9. The average Bonchev–Trinajstić information content (AvgIpc) is 2.98. The summed E-state index contributed by atoms with van der Waals surface area (Å²) in [7, 11) is 2.08. The van der Waals surface area contributed by atoms with E-state index in [9.17, 15) is 4.79 Å². The zero-order valence-corrected chi connectivity index (χ0v) is 24.3. The third-order valence-corrected chi connectivity index (χ3v) is 8.02. The number of carbonyl (C=O) groups is 1. The minimum atomic E-state index is -0.943. The van der Waals surface area contributed by atoms with Gasteiger partial charge in [0.15, 0.2) is 6.23 Å². The summed E-state index contributed by atoms with van der Waals surface area (Å²) in [4.78, 5) is 29.7. The van der Waals surface area contributed by atoms with Gasteiger partial charge in [0.25, 0.3) is 0 Å². The third kappa shape index (κ3) is 6.48. The highest BCUT2D eigenvalue weighted by atomic mass is 35.5. The first kappa shape index (κ1) is 28.9. The molecule has 1 atom stereocenters. The van der Waals surface area contributed by atoms with Crippen LogP contribution in [0.4, 0.5) is 16.3 Å². The molecule has 2 amide bonds. The maximum Gasteiger partial charge on any atom is 0.320 e. The molecular weight excluding hydrogens is 565 g/mol. The molecule has 0 radical (unpaired) electrons. The van der Waals surface area contributed by atoms with Crippen LogP contribution in [0.2, 0.25) is 10.0 Å². The first-order valence-corrected chi connectivity index (χ1v) is 14.1. The quantitative estimate of drug-likeness (QED) is 0.223. The Hall–Kier alpha value is -3.64. The molecule has 216 valence electrons. The second kappa shape index (κ2) is 12.5. The number of nitrogens with two attached hydrogens (primary N) is 2. The van der Waals surface area contributed by atoms with Crippen LogP contribution in [0.15, 0.2) is 48.9 Å². The zero-order valence-electron chi connectivity index (χ0n) is 22.8. The van der Waals surface area contributed by atoms with Crippen LogP contribution in [0.1, 0.15) is 22.9 Å².